The normalized spacial score (nSPS) is 14.1. The molecule has 0 aromatic heterocycles. The summed E-state index contributed by atoms with van der Waals surface area (Å²) < 4.78 is 27.6. The lowest BCUT2D eigenvalue weighted by atomic mass is 9.89. The van der Waals surface area contributed by atoms with Crippen molar-refractivity contribution >= 4 is 10.0 Å². The van der Waals surface area contributed by atoms with E-state index in [9.17, 15) is 8.42 Å². The number of hydrogen-bond donors (Lipinski definition) is 2. The van der Waals surface area contributed by atoms with Gasteiger partial charge in [0.1, 0.15) is 0 Å². The number of nitrogens with two attached hydrogens (primary N) is 1. The van der Waals surface area contributed by atoms with Crippen LogP contribution in [0.25, 0.3) is 0 Å². The van der Waals surface area contributed by atoms with Crippen molar-refractivity contribution in [2.75, 3.05) is 20.3 Å². The zero-order valence-corrected chi connectivity index (χ0v) is 14.0. The maximum atomic E-state index is 11.2. The Morgan fingerprint density at radius 2 is 1.86 bits per heavy atom. The van der Waals surface area contributed by atoms with Gasteiger partial charge in [0.05, 0.1) is 4.90 Å². The molecule has 0 saturated heterocycles. The third-order valence-corrected chi connectivity index (χ3v) is 4.51. The van der Waals surface area contributed by atoms with E-state index in [1.165, 1.54) is 0 Å². The van der Waals surface area contributed by atoms with Gasteiger partial charge in [-0.05, 0) is 36.5 Å². The molecule has 0 heterocycles. The highest BCUT2D eigenvalue weighted by molar-refractivity contribution is 7.89. The van der Waals surface area contributed by atoms with Gasteiger partial charge in [0.2, 0.25) is 10.0 Å². The quantitative estimate of drug-likeness (QED) is 0.769. The second-order valence-corrected chi connectivity index (χ2v) is 7.69. The molecule has 21 heavy (non-hydrogen) atoms. The molecule has 1 rings (SSSR count). The van der Waals surface area contributed by atoms with Gasteiger partial charge < -0.3 is 10.1 Å². The van der Waals surface area contributed by atoms with Gasteiger partial charge in [-0.15, -0.1) is 0 Å². The predicted octanol–water partition coefficient (Wildman–Crippen LogP) is 2.05. The number of nitrogens with one attached hydrogen (secondary N) is 1. The summed E-state index contributed by atoms with van der Waals surface area (Å²) in [4.78, 5) is 0.138. The van der Waals surface area contributed by atoms with Crippen molar-refractivity contribution in [1.82, 2.24) is 5.32 Å². The fourth-order valence-electron chi connectivity index (χ4n) is 1.96. The highest BCUT2D eigenvalue weighted by Gasteiger charge is 2.19. The van der Waals surface area contributed by atoms with Crippen LogP contribution in [0.1, 0.15) is 38.8 Å². The Bertz CT molecular complexity index is 539. The van der Waals surface area contributed by atoms with Gasteiger partial charge in [-0.1, -0.05) is 26.0 Å². The number of rotatable bonds is 8. The van der Waals surface area contributed by atoms with Crippen molar-refractivity contribution in [2.24, 2.45) is 10.6 Å². The molecule has 0 aliphatic heterocycles. The van der Waals surface area contributed by atoms with Gasteiger partial charge in [0, 0.05) is 26.3 Å². The first kappa shape index (κ1) is 18.1. The van der Waals surface area contributed by atoms with Gasteiger partial charge in [0.15, 0.2) is 0 Å². The van der Waals surface area contributed by atoms with Crippen LogP contribution in [0.2, 0.25) is 0 Å². The molecule has 1 unspecified atom stereocenters. The maximum absolute atomic E-state index is 11.2. The molecule has 0 amide bonds. The molecule has 0 bridgehead atoms. The van der Waals surface area contributed by atoms with E-state index >= 15 is 0 Å². The lowest BCUT2D eigenvalue weighted by molar-refractivity contribution is 0.149. The first-order valence-corrected chi connectivity index (χ1v) is 8.55. The van der Waals surface area contributed by atoms with Crippen molar-refractivity contribution in [3.8, 4) is 0 Å². The van der Waals surface area contributed by atoms with Gasteiger partial charge in [0.25, 0.3) is 0 Å². The number of sulfonamides is 1. The summed E-state index contributed by atoms with van der Waals surface area (Å²) in [7, 11) is -1.92. The zero-order valence-electron chi connectivity index (χ0n) is 13.2. The third kappa shape index (κ3) is 6.13. The first-order valence-electron chi connectivity index (χ1n) is 7.01. The van der Waals surface area contributed by atoms with E-state index in [1.54, 1.807) is 31.4 Å². The van der Waals surface area contributed by atoms with Crippen LogP contribution in [0, 0.1) is 5.41 Å². The van der Waals surface area contributed by atoms with E-state index in [-0.39, 0.29) is 16.4 Å². The van der Waals surface area contributed by atoms with Crippen LogP contribution in [0.15, 0.2) is 29.2 Å². The Morgan fingerprint density at radius 3 is 2.33 bits per heavy atom. The van der Waals surface area contributed by atoms with Crippen LogP contribution in [0.5, 0.6) is 0 Å². The first-order chi connectivity index (χ1) is 9.65. The summed E-state index contributed by atoms with van der Waals surface area (Å²) in [5.41, 5.74) is 1.18. The van der Waals surface area contributed by atoms with Gasteiger partial charge >= 0.3 is 0 Å². The fraction of sp³-hybridized carbons (Fsp3) is 0.600. The van der Waals surface area contributed by atoms with Crippen LogP contribution in [0.3, 0.4) is 0 Å². The molecule has 0 radical (unpaired) electrons. The molecule has 0 fully saturated rings. The number of primary sulfonamides is 1. The van der Waals surface area contributed by atoms with E-state index in [0.717, 1.165) is 25.1 Å². The summed E-state index contributed by atoms with van der Waals surface area (Å²) in [6.45, 7) is 8.03. The maximum Gasteiger partial charge on any atom is 0.238 e. The minimum atomic E-state index is -3.63. The van der Waals surface area contributed by atoms with Crippen LogP contribution >= 0.6 is 0 Å². The fourth-order valence-corrected chi connectivity index (χ4v) is 2.48. The molecule has 0 aliphatic rings. The molecule has 0 aliphatic carbocycles. The lowest BCUT2D eigenvalue weighted by Crippen LogP contribution is -2.32. The van der Waals surface area contributed by atoms with Crippen molar-refractivity contribution in [3.05, 3.63) is 29.8 Å². The summed E-state index contributed by atoms with van der Waals surface area (Å²) in [5.74, 6) is 0. The summed E-state index contributed by atoms with van der Waals surface area (Å²) >= 11 is 0. The molecule has 1 atom stereocenters. The van der Waals surface area contributed by atoms with Crippen molar-refractivity contribution < 1.29 is 13.2 Å². The summed E-state index contributed by atoms with van der Waals surface area (Å²) in [5, 5.41) is 8.56. The average molecular weight is 314 g/mol. The smallest absolute Gasteiger partial charge is 0.238 e. The minimum absolute atomic E-state index is 0.138. The van der Waals surface area contributed by atoms with Crippen LogP contribution < -0.4 is 10.5 Å². The molecular weight excluding hydrogens is 288 g/mol. The summed E-state index contributed by atoms with van der Waals surface area (Å²) in [6.07, 6.45) is 0.980. The van der Waals surface area contributed by atoms with E-state index in [1.807, 2.05) is 0 Å². The van der Waals surface area contributed by atoms with E-state index in [4.69, 9.17) is 9.88 Å². The standard InChI is InChI=1S/C15H26N2O3S/c1-12(17-11-15(2,3)9-10-20-4)13-5-7-14(8-6-13)21(16,18)19/h5-8,12,17H,9-11H2,1-4H3,(H2,16,18,19). The second-order valence-electron chi connectivity index (χ2n) is 6.12. The topological polar surface area (TPSA) is 81.4 Å². The molecule has 0 spiro atoms. The van der Waals surface area contributed by atoms with Crippen molar-refractivity contribution in [1.29, 1.82) is 0 Å². The Morgan fingerprint density at radius 1 is 1.29 bits per heavy atom. The van der Waals surface area contributed by atoms with Gasteiger partial charge in [-0.25, -0.2) is 13.6 Å². The van der Waals surface area contributed by atoms with Crippen molar-refractivity contribution in [2.45, 2.75) is 38.1 Å². The monoisotopic (exact) mass is 314 g/mol. The lowest BCUT2D eigenvalue weighted by Gasteiger charge is -2.27. The number of ether oxygens (including phenoxy) is 1. The molecule has 1 aromatic carbocycles. The summed E-state index contributed by atoms with van der Waals surface area (Å²) in [6, 6.07) is 6.80. The van der Waals surface area contributed by atoms with E-state index in [2.05, 4.69) is 26.1 Å². The van der Waals surface area contributed by atoms with Crippen LogP contribution in [0.4, 0.5) is 0 Å². The Balaban J connectivity index is 2.62. The highest BCUT2D eigenvalue weighted by Crippen LogP contribution is 2.21. The molecule has 0 saturated carbocycles. The SMILES string of the molecule is COCCC(C)(C)CNC(C)c1ccc(S(N)(=O)=O)cc1. The Labute approximate surface area is 127 Å². The average Bonchev–Trinajstić information content (AvgIpc) is 2.42. The predicted molar refractivity (Wildman–Crippen MR) is 84.5 cm³/mol. The van der Waals surface area contributed by atoms with Crippen LogP contribution in [-0.2, 0) is 14.8 Å². The highest BCUT2D eigenvalue weighted by atomic mass is 32.2. The van der Waals surface area contributed by atoms with E-state index in [0.29, 0.717) is 0 Å². The van der Waals surface area contributed by atoms with Gasteiger partial charge in [-0.3, -0.25) is 0 Å². The van der Waals surface area contributed by atoms with Crippen LogP contribution in [-0.4, -0.2) is 28.7 Å². The minimum Gasteiger partial charge on any atom is -0.385 e. The van der Waals surface area contributed by atoms with Crippen molar-refractivity contribution in [3.63, 3.8) is 0 Å². The number of hydrogen-bond acceptors (Lipinski definition) is 4. The molecule has 1 aromatic rings. The number of methoxy groups -OCH3 is 1. The number of benzene rings is 1. The second kappa shape index (κ2) is 7.35. The molecular formula is C15H26N2O3S. The van der Waals surface area contributed by atoms with Gasteiger partial charge in [-0.2, -0.15) is 0 Å². The third-order valence-electron chi connectivity index (χ3n) is 3.58. The molecule has 3 N–H and O–H groups in total. The Kier molecular flexibility index (Phi) is 6.34. The van der Waals surface area contributed by atoms with E-state index < -0.39 is 10.0 Å². The molecule has 120 valence electrons. The molecule has 5 nitrogen and oxygen atoms in total. The largest absolute Gasteiger partial charge is 0.385 e. The molecule has 6 heteroatoms. The zero-order chi connectivity index (χ0) is 16.1. The Hall–Kier alpha value is -0.950.